The predicted octanol–water partition coefficient (Wildman–Crippen LogP) is 3.18. The first-order chi connectivity index (χ1) is 11.6. The lowest BCUT2D eigenvalue weighted by molar-refractivity contribution is 0.102. The van der Waals surface area contributed by atoms with Crippen LogP contribution in [-0.4, -0.2) is 20.9 Å². The van der Waals surface area contributed by atoms with E-state index in [2.05, 4.69) is 15.6 Å². The molecule has 1 N–H and O–H groups in total. The van der Waals surface area contributed by atoms with Gasteiger partial charge in [-0.05, 0) is 30.3 Å². The minimum atomic E-state index is -0.573. The maximum absolute atomic E-state index is 13.1. The Hall–Kier alpha value is -3.24. The Morgan fingerprint density at radius 2 is 2.08 bits per heavy atom. The van der Waals surface area contributed by atoms with Crippen LogP contribution in [0.2, 0.25) is 5.02 Å². The van der Waals surface area contributed by atoms with Crippen molar-refractivity contribution >= 4 is 23.2 Å². The van der Waals surface area contributed by atoms with E-state index in [0.717, 1.165) is 12.1 Å². The van der Waals surface area contributed by atoms with E-state index in [9.17, 15) is 9.18 Å². The molecule has 0 saturated carbocycles. The molecule has 1 heterocycles. The third-order valence-electron chi connectivity index (χ3n) is 3.18. The number of anilines is 1. The number of amides is 1. The molecule has 0 fully saturated rings. The van der Waals surface area contributed by atoms with Crippen LogP contribution in [0, 0.1) is 17.1 Å². The SMILES string of the molecule is N#Cc1cc(F)ccc1NC(=O)c1cn(-c2ccccc2Cl)nn1. The van der Waals surface area contributed by atoms with E-state index in [1.165, 1.54) is 16.9 Å². The highest BCUT2D eigenvalue weighted by atomic mass is 35.5. The van der Waals surface area contributed by atoms with Crippen molar-refractivity contribution in [1.29, 1.82) is 5.26 Å². The lowest BCUT2D eigenvalue weighted by Gasteiger charge is -2.05. The number of benzene rings is 2. The highest BCUT2D eigenvalue weighted by molar-refractivity contribution is 6.32. The van der Waals surface area contributed by atoms with E-state index in [1.54, 1.807) is 24.3 Å². The zero-order valence-corrected chi connectivity index (χ0v) is 12.8. The Kier molecular flexibility index (Phi) is 4.22. The number of carbonyl (C=O) groups is 1. The fourth-order valence-corrected chi connectivity index (χ4v) is 2.25. The highest BCUT2D eigenvalue weighted by Gasteiger charge is 2.15. The van der Waals surface area contributed by atoms with Gasteiger partial charge in [-0.1, -0.05) is 28.9 Å². The number of rotatable bonds is 3. The van der Waals surface area contributed by atoms with Gasteiger partial charge in [-0.15, -0.1) is 5.10 Å². The molecule has 0 bridgehead atoms. The molecule has 8 heteroatoms. The van der Waals surface area contributed by atoms with Gasteiger partial charge < -0.3 is 5.32 Å². The molecule has 0 aliphatic rings. The summed E-state index contributed by atoms with van der Waals surface area (Å²) in [6, 6.07) is 12.3. The predicted molar refractivity (Wildman–Crippen MR) is 85.4 cm³/mol. The fourth-order valence-electron chi connectivity index (χ4n) is 2.03. The van der Waals surface area contributed by atoms with E-state index in [4.69, 9.17) is 16.9 Å². The molecule has 0 spiro atoms. The maximum atomic E-state index is 13.1. The number of aromatic nitrogens is 3. The minimum absolute atomic E-state index is 0.0156. The van der Waals surface area contributed by atoms with Crippen molar-refractivity contribution in [3.8, 4) is 11.8 Å². The molecule has 118 valence electrons. The van der Waals surface area contributed by atoms with Gasteiger partial charge in [-0.3, -0.25) is 4.79 Å². The molecule has 0 saturated heterocycles. The average Bonchev–Trinajstić information content (AvgIpc) is 3.06. The second-order valence-corrected chi connectivity index (χ2v) is 5.16. The Bertz CT molecular complexity index is 963. The third kappa shape index (κ3) is 3.09. The van der Waals surface area contributed by atoms with Crippen molar-refractivity contribution in [3.05, 3.63) is 70.8 Å². The van der Waals surface area contributed by atoms with Crippen molar-refractivity contribution in [2.24, 2.45) is 0 Å². The summed E-state index contributed by atoms with van der Waals surface area (Å²) in [5.41, 5.74) is 0.811. The van der Waals surface area contributed by atoms with Crippen molar-refractivity contribution < 1.29 is 9.18 Å². The molecule has 3 rings (SSSR count). The van der Waals surface area contributed by atoms with Crippen LogP contribution in [0.1, 0.15) is 16.1 Å². The smallest absolute Gasteiger partial charge is 0.277 e. The van der Waals surface area contributed by atoms with Gasteiger partial charge in [0.2, 0.25) is 0 Å². The lowest BCUT2D eigenvalue weighted by atomic mass is 10.2. The molecule has 1 amide bonds. The molecule has 0 aliphatic heterocycles. The summed E-state index contributed by atoms with van der Waals surface area (Å²) in [5, 5.41) is 19.6. The zero-order chi connectivity index (χ0) is 17.1. The molecule has 0 atom stereocenters. The molecule has 24 heavy (non-hydrogen) atoms. The Morgan fingerprint density at radius 1 is 1.29 bits per heavy atom. The van der Waals surface area contributed by atoms with Crippen LogP contribution in [0.4, 0.5) is 10.1 Å². The van der Waals surface area contributed by atoms with E-state index >= 15 is 0 Å². The first-order valence-electron chi connectivity index (χ1n) is 6.77. The summed E-state index contributed by atoms with van der Waals surface area (Å²) >= 11 is 6.07. The first kappa shape index (κ1) is 15.6. The summed E-state index contributed by atoms with van der Waals surface area (Å²) in [6.45, 7) is 0. The Labute approximate surface area is 141 Å². The van der Waals surface area contributed by atoms with Crippen LogP contribution >= 0.6 is 11.6 Å². The average molecular weight is 342 g/mol. The Morgan fingerprint density at radius 3 is 2.83 bits per heavy atom. The largest absolute Gasteiger partial charge is 0.319 e. The van der Waals surface area contributed by atoms with Crippen LogP contribution in [0.5, 0.6) is 0 Å². The van der Waals surface area contributed by atoms with Gasteiger partial charge in [0.25, 0.3) is 5.91 Å². The monoisotopic (exact) mass is 341 g/mol. The van der Waals surface area contributed by atoms with E-state index in [1.807, 2.05) is 6.07 Å². The second-order valence-electron chi connectivity index (χ2n) is 4.76. The van der Waals surface area contributed by atoms with Crippen molar-refractivity contribution in [2.75, 3.05) is 5.32 Å². The van der Waals surface area contributed by atoms with Gasteiger partial charge in [0.15, 0.2) is 5.69 Å². The summed E-state index contributed by atoms with van der Waals surface area (Å²) in [6.07, 6.45) is 1.41. The molecule has 0 radical (unpaired) electrons. The number of nitrogens with zero attached hydrogens (tertiary/aromatic N) is 4. The normalized spacial score (nSPS) is 10.2. The summed E-state index contributed by atoms with van der Waals surface area (Å²) in [5.74, 6) is -1.13. The molecule has 0 aliphatic carbocycles. The van der Waals surface area contributed by atoms with Crippen LogP contribution in [0.15, 0.2) is 48.7 Å². The van der Waals surface area contributed by atoms with Crippen LogP contribution < -0.4 is 5.32 Å². The van der Waals surface area contributed by atoms with E-state index < -0.39 is 11.7 Å². The minimum Gasteiger partial charge on any atom is -0.319 e. The van der Waals surface area contributed by atoms with Crippen LogP contribution in [0.3, 0.4) is 0 Å². The number of nitrogens with one attached hydrogen (secondary N) is 1. The topological polar surface area (TPSA) is 83.6 Å². The fraction of sp³-hybridized carbons (Fsp3) is 0. The van der Waals surface area contributed by atoms with Crippen molar-refractivity contribution in [1.82, 2.24) is 15.0 Å². The third-order valence-corrected chi connectivity index (χ3v) is 3.50. The first-order valence-corrected chi connectivity index (χ1v) is 7.14. The standard InChI is InChI=1S/C16H9ClFN5O/c17-12-3-1-2-4-15(12)23-9-14(21-22-23)16(24)20-13-6-5-11(18)7-10(13)8-19/h1-7,9H,(H,20,24). The second kappa shape index (κ2) is 6.48. The molecular formula is C16H9ClFN5O. The highest BCUT2D eigenvalue weighted by Crippen LogP contribution is 2.20. The summed E-state index contributed by atoms with van der Waals surface area (Å²) < 4.78 is 14.5. The van der Waals surface area contributed by atoms with Gasteiger partial charge in [-0.2, -0.15) is 5.26 Å². The molecule has 6 nitrogen and oxygen atoms in total. The van der Waals surface area contributed by atoms with Gasteiger partial charge in [0.1, 0.15) is 11.9 Å². The number of hydrogen-bond acceptors (Lipinski definition) is 4. The number of halogens is 2. The van der Waals surface area contributed by atoms with E-state index in [0.29, 0.717) is 10.7 Å². The summed E-state index contributed by atoms with van der Waals surface area (Å²) in [7, 11) is 0. The maximum Gasteiger partial charge on any atom is 0.277 e. The molecular weight excluding hydrogens is 333 g/mol. The van der Waals surface area contributed by atoms with Gasteiger partial charge in [-0.25, -0.2) is 9.07 Å². The number of hydrogen-bond donors (Lipinski definition) is 1. The van der Waals surface area contributed by atoms with Crippen molar-refractivity contribution in [3.63, 3.8) is 0 Å². The summed E-state index contributed by atoms with van der Waals surface area (Å²) in [4.78, 5) is 12.2. The quantitative estimate of drug-likeness (QED) is 0.793. The number of nitriles is 1. The molecule has 2 aromatic carbocycles. The number of carbonyl (C=O) groups excluding carboxylic acids is 1. The van der Waals surface area contributed by atoms with Crippen LogP contribution in [-0.2, 0) is 0 Å². The van der Waals surface area contributed by atoms with Crippen molar-refractivity contribution in [2.45, 2.75) is 0 Å². The zero-order valence-electron chi connectivity index (χ0n) is 12.1. The molecule has 3 aromatic rings. The van der Waals surface area contributed by atoms with Crippen LogP contribution in [0.25, 0.3) is 5.69 Å². The number of para-hydroxylation sites is 1. The lowest BCUT2D eigenvalue weighted by Crippen LogP contribution is -2.13. The van der Waals surface area contributed by atoms with Gasteiger partial charge >= 0.3 is 0 Å². The van der Waals surface area contributed by atoms with Gasteiger partial charge in [0.05, 0.1) is 28.2 Å². The van der Waals surface area contributed by atoms with E-state index in [-0.39, 0.29) is 16.9 Å². The Balaban J connectivity index is 1.85. The molecule has 1 aromatic heterocycles. The molecule has 0 unspecified atom stereocenters. The van der Waals surface area contributed by atoms with Gasteiger partial charge in [0, 0.05) is 0 Å².